The summed E-state index contributed by atoms with van der Waals surface area (Å²) in [4.78, 5) is 30.2. The molecule has 2 aliphatic rings. The summed E-state index contributed by atoms with van der Waals surface area (Å²) in [7, 11) is 0. The van der Waals surface area contributed by atoms with E-state index < -0.39 is 0 Å². The van der Waals surface area contributed by atoms with Gasteiger partial charge in [-0.25, -0.2) is 19.9 Å². The van der Waals surface area contributed by atoms with Crippen molar-refractivity contribution < 1.29 is 4.79 Å². The molecule has 0 saturated heterocycles. The highest BCUT2D eigenvalue weighted by Crippen LogP contribution is 2.48. The Hall–Kier alpha value is -3.72. The van der Waals surface area contributed by atoms with Crippen molar-refractivity contribution in [2.45, 2.75) is 37.8 Å². The molecule has 3 heterocycles. The van der Waals surface area contributed by atoms with Gasteiger partial charge in [0, 0.05) is 35.4 Å². The number of carbonyl (C=O) groups is 1. The molecule has 0 radical (unpaired) electrons. The molecule has 3 aromatic heterocycles. The number of nitrogens with one attached hydrogen (secondary N) is 3. The molecule has 2 fully saturated rings. The van der Waals surface area contributed by atoms with Crippen LogP contribution in [-0.4, -0.2) is 36.3 Å². The Morgan fingerprint density at radius 3 is 2.85 bits per heavy atom. The van der Waals surface area contributed by atoms with Gasteiger partial charge < -0.3 is 16.0 Å². The Bertz CT molecular complexity index is 1370. The molecule has 1 aromatic carbocycles. The van der Waals surface area contributed by atoms with Gasteiger partial charge in [0.05, 0.1) is 12.2 Å². The number of aromatic nitrogens is 5. The highest BCUT2D eigenvalue weighted by Gasteiger charge is 2.44. The highest BCUT2D eigenvalue weighted by atomic mass is 35.5. The van der Waals surface area contributed by atoms with E-state index in [2.05, 4.69) is 35.9 Å². The van der Waals surface area contributed by atoms with Crippen molar-refractivity contribution in [1.82, 2.24) is 24.3 Å². The number of anilines is 3. The molecule has 0 spiro atoms. The molecule has 6 rings (SSSR count). The molecule has 1 amide bonds. The maximum atomic E-state index is 12.7. The Morgan fingerprint density at radius 1 is 1.12 bits per heavy atom. The molecule has 10 heteroatoms. The quantitative estimate of drug-likeness (QED) is 0.352. The molecule has 9 nitrogen and oxygen atoms in total. The van der Waals surface area contributed by atoms with E-state index in [0.717, 1.165) is 29.3 Å². The van der Waals surface area contributed by atoms with Gasteiger partial charge in [0.1, 0.15) is 23.6 Å². The first-order chi connectivity index (χ1) is 16.6. The summed E-state index contributed by atoms with van der Waals surface area (Å²) in [6.45, 7) is 0.481. The van der Waals surface area contributed by atoms with Crippen LogP contribution < -0.4 is 16.0 Å². The van der Waals surface area contributed by atoms with E-state index in [-0.39, 0.29) is 17.7 Å². The van der Waals surface area contributed by atoms with E-state index >= 15 is 0 Å². The third-order valence-corrected chi connectivity index (χ3v) is 6.35. The van der Waals surface area contributed by atoms with Gasteiger partial charge >= 0.3 is 0 Å². The summed E-state index contributed by atoms with van der Waals surface area (Å²) in [6, 6.07) is 11.8. The zero-order valence-electron chi connectivity index (χ0n) is 18.3. The van der Waals surface area contributed by atoms with Gasteiger partial charge in [-0.3, -0.25) is 9.20 Å². The summed E-state index contributed by atoms with van der Waals surface area (Å²) in [5.41, 5.74) is 2.79. The van der Waals surface area contributed by atoms with Gasteiger partial charge in [-0.15, -0.1) is 0 Å². The second kappa shape index (κ2) is 8.57. The second-order valence-corrected chi connectivity index (χ2v) is 9.22. The molecule has 0 aliphatic heterocycles. The van der Waals surface area contributed by atoms with Crippen molar-refractivity contribution in [2.24, 2.45) is 5.92 Å². The third-order valence-electron chi connectivity index (χ3n) is 6.12. The fourth-order valence-electron chi connectivity index (χ4n) is 4.08. The maximum Gasteiger partial charge on any atom is 0.229 e. The van der Waals surface area contributed by atoms with Crippen molar-refractivity contribution in [3.8, 4) is 0 Å². The topological polar surface area (TPSA) is 109 Å². The predicted octanol–water partition coefficient (Wildman–Crippen LogP) is 4.10. The molecule has 4 aromatic rings. The lowest BCUT2D eigenvalue weighted by Gasteiger charge is -2.07. The van der Waals surface area contributed by atoms with E-state index in [9.17, 15) is 4.79 Å². The van der Waals surface area contributed by atoms with Gasteiger partial charge in [0.15, 0.2) is 0 Å². The van der Waals surface area contributed by atoms with E-state index in [1.807, 2.05) is 40.9 Å². The van der Waals surface area contributed by atoms with Crippen molar-refractivity contribution in [3.05, 3.63) is 71.4 Å². The number of fused-ring (bicyclic) bond motifs is 1. The summed E-state index contributed by atoms with van der Waals surface area (Å²) in [5, 5.41) is 10.3. The zero-order chi connectivity index (χ0) is 23.1. The van der Waals surface area contributed by atoms with Crippen LogP contribution in [0.1, 0.15) is 36.4 Å². The Kier molecular flexibility index (Phi) is 5.26. The molecule has 0 unspecified atom stereocenters. The number of imidazole rings is 1. The van der Waals surface area contributed by atoms with Crippen molar-refractivity contribution in [1.29, 1.82) is 0 Å². The molecular formula is C24H23ClN8O. The van der Waals surface area contributed by atoms with Crippen molar-refractivity contribution in [2.75, 3.05) is 16.0 Å². The number of hydrogen-bond acceptors (Lipinski definition) is 7. The van der Waals surface area contributed by atoms with Crippen LogP contribution in [0.25, 0.3) is 5.65 Å². The SMILES string of the molecule is O=C(Nc1cc(NCc2cn3c(NC4CC4)nccc3n2)ncn1)[C@H]1C[C@@H]1c1cccc(Cl)c1. The standard InChI is InChI=1S/C24H23ClN8O/c25-15-3-1-2-14(8-15)18-9-19(18)23(34)32-21-10-20(28-13-29-21)27-11-17-12-33-22(30-17)6-7-26-24(33)31-16-4-5-16/h1-3,6-8,10,12-13,16,18-19H,4-5,9,11H2,(H,26,31)(H2,27,28,29,32,34)/t18-,19+/m1/s1. The Balaban J connectivity index is 1.08. The van der Waals surface area contributed by atoms with Gasteiger partial charge in [-0.05, 0) is 48.9 Å². The van der Waals surface area contributed by atoms with Crippen LogP contribution >= 0.6 is 11.6 Å². The van der Waals surface area contributed by atoms with Gasteiger partial charge in [0.25, 0.3) is 0 Å². The molecule has 2 saturated carbocycles. The molecule has 34 heavy (non-hydrogen) atoms. The van der Waals surface area contributed by atoms with Gasteiger partial charge in [-0.2, -0.15) is 0 Å². The highest BCUT2D eigenvalue weighted by molar-refractivity contribution is 6.30. The number of rotatable bonds is 8. The lowest BCUT2D eigenvalue weighted by atomic mass is 10.1. The van der Waals surface area contributed by atoms with E-state index in [0.29, 0.717) is 29.2 Å². The molecule has 2 aliphatic carbocycles. The average Bonchev–Trinajstić information content (AvgIpc) is 3.76. The van der Waals surface area contributed by atoms with Crippen LogP contribution in [0, 0.1) is 5.92 Å². The number of benzene rings is 1. The van der Waals surface area contributed by atoms with Crippen molar-refractivity contribution >= 4 is 40.7 Å². The minimum atomic E-state index is -0.0742. The second-order valence-electron chi connectivity index (χ2n) is 8.78. The first-order valence-corrected chi connectivity index (χ1v) is 11.7. The van der Waals surface area contributed by atoms with Crippen LogP contribution in [0.15, 0.2) is 55.1 Å². The van der Waals surface area contributed by atoms with Crippen LogP contribution in [0.5, 0.6) is 0 Å². The summed E-state index contributed by atoms with van der Waals surface area (Å²) in [5.74, 6) is 1.96. The smallest absolute Gasteiger partial charge is 0.229 e. The zero-order valence-corrected chi connectivity index (χ0v) is 19.0. The number of halogens is 1. The lowest BCUT2D eigenvalue weighted by Crippen LogP contribution is -2.16. The van der Waals surface area contributed by atoms with Gasteiger partial charge in [-0.1, -0.05) is 23.7 Å². The fraction of sp³-hybridized carbons (Fsp3) is 0.292. The monoisotopic (exact) mass is 474 g/mol. The Morgan fingerprint density at radius 2 is 2.00 bits per heavy atom. The van der Waals surface area contributed by atoms with Crippen LogP contribution in [0.3, 0.4) is 0 Å². The number of nitrogens with zero attached hydrogens (tertiary/aromatic N) is 5. The molecule has 2 atom stereocenters. The van der Waals surface area contributed by atoms with Crippen LogP contribution in [0.4, 0.5) is 17.6 Å². The first-order valence-electron chi connectivity index (χ1n) is 11.3. The summed E-state index contributed by atoms with van der Waals surface area (Å²) >= 11 is 6.08. The average molecular weight is 475 g/mol. The minimum absolute atomic E-state index is 0.0434. The molecule has 0 bridgehead atoms. The largest absolute Gasteiger partial charge is 0.364 e. The number of carbonyl (C=O) groups excluding carboxylic acids is 1. The van der Waals surface area contributed by atoms with Crippen molar-refractivity contribution in [3.63, 3.8) is 0 Å². The van der Waals surface area contributed by atoms with E-state index in [1.165, 1.54) is 19.2 Å². The molecular weight excluding hydrogens is 452 g/mol. The van der Waals surface area contributed by atoms with Gasteiger partial charge in [0.2, 0.25) is 11.9 Å². The van der Waals surface area contributed by atoms with E-state index in [4.69, 9.17) is 11.6 Å². The molecule has 3 N–H and O–H groups in total. The van der Waals surface area contributed by atoms with E-state index in [1.54, 1.807) is 12.3 Å². The van der Waals surface area contributed by atoms with Crippen LogP contribution in [0.2, 0.25) is 5.02 Å². The summed E-state index contributed by atoms with van der Waals surface area (Å²) in [6.07, 6.45) is 8.33. The third kappa shape index (κ3) is 4.51. The first kappa shape index (κ1) is 20.9. The van der Waals surface area contributed by atoms with Crippen LogP contribution in [-0.2, 0) is 11.3 Å². The lowest BCUT2D eigenvalue weighted by molar-refractivity contribution is -0.117. The molecule has 172 valence electrons. The summed E-state index contributed by atoms with van der Waals surface area (Å²) < 4.78 is 1.97. The minimum Gasteiger partial charge on any atom is -0.364 e. The normalized spacial score (nSPS) is 19.1. The number of amides is 1. The maximum absolute atomic E-state index is 12.7. The fourth-order valence-corrected chi connectivity index (χ4v) is 4.28. The Labute approximate surface area is 201 Å². The predicted molar refractivity (Wildman–Crippen MR) is 130 cm³/mol. The number of hydrogen-bond donors (Lipinski definition) is 3.